The molecule has 5 heteroatoms. The zero-order chi connectivity index (χ0) is 20.1. The number of fused-ring (bicyclic) bond motifs is 3. The van der Waals surface area contributed by atoms with E-state index < -0.39 is 6.10 Å². The van der Waals surface area contributed by atoms with Crippen LogP contribution in [0.2, 0.25) is 0 Å². The number of aliphatic hydroxyl groups is 2. The number of rotatable bonds is 4. The van der Waals surface area contributed by atoms with Crippen molar-refractivity contribution in [3.05, 3.63) is 69.8 Å². The van der Waals surface area contributed by atoms with Crippen LogP contribution in [0, 0.1) is 11.3 Å². The summed E-state index contributed by atoms with van der Waals surface area (Å²) in [6.45, 7) is 3.80. The highest BCUT2D eigenvalue weighted by Gasteiger charge is 2.42. The molecule has 28 heavy (non-hydrogen) atoms. The van der Waals surface area contributed by atoms with E-state index in [-0.39, 0.29) is 24.4 Å². The van der Waals surface area contributed by atoms with E-state index in [0.29, 0.717) is 23.3 Å². The van der Waals surface area contributed by atoms with Crippen LogP contribution in [0.4, 0.5) is 0 Å². The first-order chi connectivity index (χ1) is 13.4. The van der Waals surface area contributed by atoms with Crippen LogP contribution in [0.15, 0.2) is 42.0 Å². The van der Waals surface area contributed by atoms with Gasteiger partial charge in [0.25, 0.3) is 0 Å². The second-order valence-corrected chi connectivity index (χ2v) is 7.82. The molecule has 0 bridgehead atoms. The van der Waals surface area contributed by atoms with Crippen molar-refractivity contribution in [3.8, 4) is 11.8 Å². The van der Waals surface area contributed by atoms with Crippen LogP contribution < -0.4 is 4.74 Å². The van der Waals surface area contributed by atoms with Gasteiger partial charge in [-0.2, -0.15) is 5.26 Å². The summed E-state index contributed by atoms with van der Waals surface area (Å²) in [7, 11) is 0. The van der Waals surface area contributed by atoms with Crippen molar-refractivity contribution in [2.45, 2.75) is 31.8 Å². The maximum Gasteiger partial charge on any atom is 0.194 e. The lowest BCUT2D eigenvalue weighted by atomic mass is 9.68. The minimum atomic E-state index is -0.964. The van der Waals surface area contributed by atoms with E-state index in [1.54, 1.807) is 18.2 Å². The molecule has 2 aliphatic carbocycles. The summed E-state index contributed by atoms with van der Waals surface area (Å²) < 4.78 is 5.54. The molecular formula is C23H21NO4. The van der Waals surface area contributed by atoms with E-state index in [4.69, 9.17) is 9.84 Å². The summed E-state index contributed by atoms with van der Waals surface area (Å²) in [6.07, 6.45) is -0.298. The Bertz CT molecular complexity index is 1060. The first-order valence-electron chi connectivity index (χ1n) is 9.24. The van der Waals surface area contributed by atoms with Gasteiger partial charge in [0.15, 0.2) is 5.78 Å². The fraction of sp³-hybridized carbons (Fsp3) is 0.304. The number of carbonyl (C=O) groups excluding carboxylic acids is 1. The Morgan fingerprint density at radius 3 is 2.71 bits per heavy atom. The minimum Gasteiger partial charge on any atom is -0.491 e. The van der Waals surface area contributed by atoms with E-state index in [9.17, 15) is 15.2 Å². The Kier molecular flexibility index (Phi) is 4.34. The molecule has 2 aliphatic rings. The predicted octanol–water partition coefficient (Wildman–Crippen LogP) is 2.77. The number of hydrogen-bond acceptors (Lipinski definition) is 5. The Morgan fingerprint density at radius 1 is 1.21 bits per heavy atom. The number of aliphatic hydroxyl groups excluding tert-OH is 2. The van der Waals surface area contributed by atoms with Crippen LogP contribution >= 0.6 is 0 Å². The molecule has 0 saturated carbocycles. The summed E-state index contributed by atoms with van der Waals surface area (Å²) in [6, 6.07) is 13.1. The highest BCUT2D eigenvalue weighted by atomic mass is 16.5. The fourth-order valence-corrected chi connectivity index (χ4v) is 4.18. The van der Waals surface area contributed by atoms with Gasteiger partial charge in [-0.15, -0.1) is 0 Å². The lowest BCUT2D eigenvalue weighted by Gasteiger charge is -2.34. The normalized spacial score (nSPS) is 17.5. The van der Waals surface area contributed by atoms with Gasteiger partial charge in [-0.25, -0.2) is 0 Å². The van der Waals surface area contributed by atoms with E-state index in [1.165, 1.54) is 0 Å². The highest BCUT2D eigenvalue weighted by Crippen LogP contribution is 2.50. The average Bonchev–Trinajstić information content (AvgIpc) is 3.10. The van der Waals surface area contributed by atoms with Gasteiger partial charge >= 0.3 is 0 Å². The quantitative estimate of drug-likeness (QED) is 0.858. The summed E-state index contributed by atoms with van der Waals surface area (Å²) in [5.74, 6) is 0.443. The minimum absolute atomic E-state index is 0.0408. The molecular weight excluding hydrogens is 354 g/mol. The fourth-order valence-electron chi connectivity index (χ4n) is 4.18. The summed E-state index contributed by atoms with van der Waals surface area (Å²) >= 11 is 0. The third-order valence-corrected chi connectivity index (χ3v) is 5.72. The molecule has 0 aliphatic heterocycles. The van der Waals surface area contributed by atoms with Gasteiger partial charge in [-0.1, -0.05) is 26.0 Å². The molecule has 0 aromatic heterocycles. The Labute approximate surface area is 163 Å². The van der Waals surface area contributed by atoms with Crippen LogP contribution in [0.3, 0.4) is 0 Å². The van der Waals surface area contributed by atoms with E-state index in [2.05, 4.69) is 19.9 Å². The van der Waals surface area contributed by atoms with Crippen LogP contribution in [0.5, 0.6) is 5.75 Å². The molecule has 2 aromatic carbocycles. The molecule has 0 radical (unpaired) electrons. The summed E-state index contributed by atoms with van der Waals surface area (Å²) in [5.41, 5.74) is 5.54. The van der Waals surface area contributed by atoms with Gasteiger partial charge in [0, 0.05) is 16.6 Å². The van der Waals surface area contributed by atoms with E-state index >= 15 is 0 Å². The summed E-state index contributed by atoms with van der Waals surface area (Å²) in [4.78, 5) is 13.4. The number of Topliss-reactive ketones (excluding diaryl/α,β-unsaturated/α-hetero) is 1. The Hall–Kier alpha value is -2.94. The Morgan fingerprint density at radius 2 is 2.00 bits per heavy atom. The molecule has 0 fully saturated rings. The standard InChI is InChI=1S/C23H21NO4/c1-23(2)19-6-4-16(28-12-15(26)11-25)9-18(19)22(27)21-17-5-3-13(10-24)7-14(17)8-20(21)23/h3-7,9,15,25-26H,8,11-12H2,1-2H3/t15-/m1/s1. The van der Waals surface area contributed by atoms with Crippen LogP contribution in [-0.2, 0) is 11.8 Å². The number of nitrogens with zero attached hydrogens (tertiary/aromatic N) is 1. The first-order valence-corrected chi connectivity index (χ1v) is 9.24. The van der Waals surface area contributed by atoms with Crippen molar-refractivity contribution in [2.75, 3.05) is 13.2 Å². The zero-order valence-electron chi connectivity index (χ0n) is 15.8. The molecule has 2 N–H and O–H groups in total. The van der Waals surface area contributed by atoms with Crippen LogP contribution in [-0.4, -0.2) is 35.3 Å². The maximum absolute atomic E-state index is 13.4. The molecule has 1 atom stereocenters. The molecule has 0 spiro atoms. The molecule has 2 aromatic rings. The molecule has 5 nitrogen and oxygen atoms in total. The van der Waals surface area contributed by atoms with Crippen LogP contribution in [0.25, 0.3) is 5.57 Å². The lowest BCUT2D eigenvalue weighted by Crippen LogP contribution is -2.30. The van der Waals surface area contributed by atoms with E-state index in [0.717, 1.165) is 27.8 Å². The second-order valence-electron chi connectivity index (χ2n) is 7.82. The molecule has 0 saturated heterocycles. The predicted molar refractivity (Wildman–Crippen MR) is 104 cm³/mol. The molecule has 0 amide bonds. The van der Waals surface area contributed by atoms with Crippen molar-refractivity contribution in [2.24, 2.45) is 0 Å². The van der Waals surface area contributed by atoms with Crippen molar-refractivity contribution < 1.29 is 19.7 Å². The van der Waals surface area contributed by atoms with Gasteiger partial charge in [0.2, 0.25) is 0 Å². The highest BCUT2D eigenvalue weighted by molar-refractivity contribution is 6.33. The van der Waals surface area contributed by atoms with Gasteiger partial charge in [0.05, 0.1) is 18.2 Å². The lowest BCUT2D eigenvalue weighted by molar-refractivity contribution is 0.0535. The smallest absolute Gasteiger partial charge is 0.194 e. The molecule has 0 heterocycles. The van der Waals surface area contributed by atoms with E-state index in [1.807, 2.05) is 18.2 Å². The van der Waals surface area contributed by atoms with Gasteiger partial charge in [-0.05, 0) is 52.9 Å². The van der Waals surface area contributed by atoms with Crippen molar-refractivity contribution in [1.29, 1.82) is 5.26 Å². The number of carbonyl (C=O) groups is 1. The third kappa shape index (κ3) is 2.73. The van der Waals surface area contributed by atoms with Crippen molar-refractivity contribution >= 4 is 11.4 Å². The number of nitriles is 1. The SMILES string of the molecule is CC1(C)C2=C(C(=O)c3cc(OC[C@H](O)CO)ccc31)c1ccc(C#N)cc1C2. The number of ketones is 1. The second kappa shape index (κ2) is 6.59. The summed E-state index contributed by atoms with van der Waals surface area (Å²) in [5, 5.41) is 27.6. The number of hydrogen-bond donors (Lipinski definition) is 2. The molecule has 4 rings (SSSR count). The number of allylic oxidation sites excluding steroid dienone is 2. The van der Waals surface area contributed by atoms with Crippen LogP contribution in [0.1, 0.15) is 46.5 Å². The number of benzene rings is 2. The first kappa shape index (κ1) is 18.4. The van der Waals surface area contributed by atoms with Gasteiger partial charge in [0.1, 0.15) is 18.5 Å². The monoisotopic (exact) mass is 375 g/mol. The Balaban J connectivity index is 1.76. The van der Waals surface area contributed by atoms with Crippen molar-refractivity contribution in [1.82, 2.24) is 0 Å². The average molecular weight is 375 g/mol. The molecule has 0 unspecified atom stereocenters. The number of ether oxygens (including phenoxy) is 1. The van der Waals surface area contributed by atoms with Gasteiger partial charge < -0.3 is 14.9 Å². The largest absolute Gasteiger partial charge is 0.491 e. The zero-order valence-corrected chi connectivity index (χ0v) is 15.8. The van der Waals surface area contributed by atoms with Crippen molar-refractivity contribution in [3.63, 3.8) is 0 Å². The maximum atomic E-state index is 13.4. The molecule has 142 valence electrons. The topological polar surface area (TPSA) is 90.6 Å². The van der Waals surface area contributed by atoms with Gasteiger partial charge in [-0.3, -0.25) is 4.79 Å². The third-order valence-electron chi connectivity index (χ3n) is 5.72.